The van der Waals surface area contributed by atoms with Gasteiger partial charge < -0.3 is 0 Å². The molecule has 0 N–H and O–H groups in total. The van der Waals surface area contributed by atoms with Gasteiger partial charge in [-0.05, 0) is 51.1 Å². The Labute approximate surface area is 112 Å². The van der Waals surface area contributed by atoms with Crippen molar-refractivity contribution in [1.29, 1.82) is 5.26 Å². The first-order chi connectivity index (χ1) is 8.91. The molecule has 0 aromatic carbocycles. The zero-order chi connectivity index (χ0) is 14.0. The Morgan fingerprint density at radius 2 is 1.74 bits per heavy atom. The second-order valence-corrected chi connectivity index (χ2v) is 6.07. The van der Waals surface area contributed by atoms with Crippen LogP contribution in [-0.4, -0.2) is 30.2 Å². The summed E-state index contributed by atoms with van der Waals surface area (Å²) >= 11 is 0. The molecule has 1 heterocycles. The fourth-order valence-electron chi connectivity index (χ4n) is 3.39. The Balaban J connectivity index is 1.98. The van der Waals surface area contributed by atoms with Gasteiger partial charge in [-0.1, -0.05) is 6.92 Å². The molecule has 0 amide bonds. The molecule has 0 spiro atoms. The average Bonchev–Trinajstić information content (AvgIpc) is 2.38. The first-order valence-corrected chi connectivity index (χ1v) is 7.12. The van der Waals surface area contributed by atoms with Crippen molar-refractivity contribution in [2.24, 2.45) is 17.8 Å². The highest BCUT2D eigenvalue weighted by Gasteiger charge is 2.46. The molecular weight excluding hydrogens is 253 g/mol. The van der Waals surface area contributed by atoms with Gasteiger partial charge in [0.2, 0.25) is 0 Å². The van der Waals surface area contributed by atoms with E-state index in [0.717, 1.165) is 25.9 Å². The number of rotatable bonds is 1. The Kier molecular flexibility index (Phi) is 4.39. The monoisotopic (exact) mass is 274 g/mol. The van der Waals surface area contributed by atoms with Crippen LogP contribution in [0.1, 0.15) is 39.0 Å². The third-order valence-corrected chi connectivity index (χ3v) is 4.73. The number of likely N-dealkylation sites (tertiary alicyclic amines) is 1. The second kappa shape index (κ2) is 5.70. The van der Waals surface area contributed by atoms with Gasteiger partial charge in [-0.25, -0.2) is 0 Å². The average molecular weight is 274 g/mol. The lowest BCUT2D eigenvalue weighted by Crippen LogP contribution is -2.48. The van der Waals surface area contributed by atoms with E-state index in [9.17, 15) is 18.4 Å². The maximum absolute atomic E-state index is 12.7. The minimum absolute atomic E-state index is 0.0171. The van der Waals surface area contributed by atoms with E-state index in [-0.39, 0.29) is 18.9 Å². The van der Waals surface area contributed by atoms with E-state index in [1.165, 1.54) is 0 Å². The number of nitriles is 1. The van der Waals surface area contributed by atoms with E-state index in [1.807, 2.05) is 0 Å². The van der Waals surface area contributed by atoms with Crippen molar-refractivity contribution in [1.82, 2.24) is 4.90 Å². The first-order valence-electron chi connectivity index (χ1n) is 7.12. The van der Waals surface area contributed by atoms with Crippen LogP contribution in [0.2, 0.25) is 0 Å². The zero-order valence-corrected chi connectivity index (χ0v) is 11.3. The van der Waals surface area contributed by atoms with Crippen molar-refractivity contribution in [3.8, 4) is 6.07 Å². The molecule has 19 heavy (non-hydrogen) atoms. The Hall–Kier alpha value is -0.760. The van der Waals surface area contributed by atoms with Crippen LogP contribution in [0, 0.1) is 29.1 Å². The molecule has 1 saturated heterocycles. The number of alkyl halides is 3. The summed E-state index contributed by atoms with van der Waals surface area (Å²) in [5.74, 6) is -1.05. The largest absolute Gasteiger partial charge is 0.391 e. The summed E-state index contributed by atoms with van der Waals surface area (Å²) in [7, 11) is 0. The number of halogens is 3. The molecule has 0 aromatic heterocycles. The summed E-state index contributed by atoms with van der Waals surface area (Å²) in [6.45, 7) is 4.07. The summed E-state index contributed by atoms with van der Waals surface area (Å²) in [6, 6.07) is 2.16. The number of nitrogens with zero attached hydrogens (tertiary/aromatic N) is 2. The Morgan fingerprint density at radius 3 is 2.26 bits per heavy atom. The lowest BCUT2D eigenvalue weighted by Gasteiger charge is -2.42. The molecule has 108 valence electrons. The Bertz CT molecular complexity index is 340. The highest BCUT2D eigenvalue weighted by atomic mass is 19.4. The summed E-state index contributed by atoms with van der Waals surface area (Å²) in [5, 5.41) is 9.18. The molecular formula is C14H21F3N2. The van der Waals surface area contributed by atoms with Gasteiger partial charge in [-0.15, -0.1) is 0 Å². The van der Waals surface area contributed by atoms with Crippen LogP contribution >= 0.6 is 0 Å². The molecule has 2 fully saturated rings. The predicted molar refractivity (Wildman–Crippen MR) is 66.3 cm³/mol. The third kappa shape index (κ3) is 3.42. The van der Waals surface area contributed by atoms with Crippen molar-refractivity contribution in [3.63, 3.8) is 0 Å². The van der Waals surface area contributed by atoms with Gasteiger partial charge in [-0.2, -0.15) is 18.4 Å². The van der Waals surface area contributed by atoms with E-state index < -0.39 is 18.0 Å². The van der Waals surface area contributed by atoms with Crippen LogP contribution in [0.3, 0.4) is 0 Å². The number of hydrogen-bond acceptors (Lipinski definition) is 2. The SMILES string of the molecule is CC1CCN([C@@H]2CCC(C(F)(F)F)CC2C#N)CC1. The molecule has 0 bridgehead atoms. The summed E-state index contributed by atoms with van der Waals surface area (Å²) in [6.07, 6.45) is -1.28. The molecule has 0 aromatic rings. The van der Waals surface area contributed by atoms with Crippen LogP contribution in [0.4, 0.5) is 13.2 Å². The van der Waals surface area contributed by atoms with Crippen LogP contribution < -0.4 is 0 Å². The van der Waals surface area contributed by atoms with E-state index >= 15 is 0 Å². The fourth-order valence-corrected chi connectivity index (χ4v) is 3.39. The molecule has 5 heteroatoms. The van der Waals surface area contributed by atoms with Gasteiger partial charge in [0.25, 0.3) is 0 Å². The topological polar surface area (TPSA) is 27.0 Å². The minimum atomic E-state index is -4.14. The van der Waals surface area contributed by atoms with E-state index in [4.69, 9.17) is 0 Å². The fraction of sp³-hybridized carbons (Fsp3) is 0.929. The predicted octanol–water partition coefficient (Wildman–Crippen LogP) is 3.59. The molecule has 2 aliphatic rings. The van der Waals surface area contributed by atoms with E-state index in [1.54, 1.807) is 0 Å². The number of hydrogen-bond donors (Lipinski definition) is 0. The van der Waals surface area contributed by atoms with Crippen LogP contribution in [0.5, 0.6) is 0 Å². The maximum atomic E-state index is 12.7. The molecule has 0 radical (unpaired) electrons. The molecule has 2 rings (SSSR count). The van der Waals surface area contributed by atoms with E-state index in [0.29, 0.717) is 12.3 Å². The normalized spacial score (nSPS) is 35.0. The van der Waals surface area contributed by atoms with Crippen molar-refractivity contribution in [3.05, 3.63) is 0 Å². The molecule has 1 aliphatic heterocycles. The second-order valence-electron chi connectivity index (χ2n) is 6.07. The van der Waals surface area contributed by atoms with E-state index in [2.05, 4.69) is 17.9 Å². The molecule has 2 nitrogen and oxygen atoms in total. The Morgan fingerprint density at radius 1 is 1.11 bits per heavy atom. The smallest absolute Gasteiger partial charge is 0.299 e. The third-order valence-electron chi connectivity index (χ3n) is 4.73. The molecule has 3 atom stereocenters. The lowest BCUT2D eigenvalue weighted by molar-refractivity contribution is -0.187. The maximum Gasteiger partial charge on any atom is 0.391 e. The van der Waals surface area contributed by atoms with Crippen molar-refractivity contribution < 1.29 is 13.2 Å². The van der Waals surface area contributed by atoms with Crippen LogP contribution in [-0.2, 0) is 0 Å². The standard InChI is InChI=1S/C14H21F3N2/c1-10-4-6-19(7-5-10)13-3-2-12(14(15,16)17)8-11(13)9-18/h10-13H,2-8H2,1H3/t11?,12?,13-/m1/s1. The van der Waals surface area contributed by atoms with Crippen molar-refractivity contribution in [2.75, 3.05) is 13.1 Å². The van der Waals surface area contributed by atoms with Crippen molar-refractivity contribution >= 4 is 0 Å². The zero-order valence-electron chi connectivity index (χ0n) is 11.3. The highest BCUT2D eigenvalue weighted by Crippen LogP contribution is 2.41. The van der Waals surface area contributed by atoms with Gasteiger partial charge in [0.15, 0.2) is 0 Å². The summed E-state index contributed by atoms with van der Waals surface area (Å²) in [4.78, 5) is 2.25. The molecule has 1 aliphatic carbocycles. The highest BCUT2D eigenvalue weighted by molar-refractivity contribution is 4.99. The van der Waals surface area contributed by atoms with Crippen LogP contribution in [0.15, 0.2) is 0 Å². The molecule has 2 unspecified atom stereocenters. The molecule has 1 saturated carbocycles. The van der Waals surface area contributed by atoms with Crippen LogP contribution in [0.25, 0.3) is 0 Å². The van der Waals surface area contributed by atoms with Gasteiger partial charge >= 0.3 is 6.18 Å². The summed E-state index contributed by atoms with van der Waals surface area (Å²) < 4.78 is 38.2. The minimum Gasteiger partial charge on any atom is -0.299 e. The van der Waals surface area contributed by atoms with Gasteiger partial charge in [-0.3, -0.25) is 4.90 Å². The van der Waals surface area contributed by atoms with Gasteiger partial charge in [0.05, 0.1) is 17.9 Å². The van der Waals surface area contributed by atoms with Gasteiger partial charge in [0, 0.05) is 6.04 Å². The number of piperidine rings is 1. The lowest BCUT2D eigenvalue weighted by atomic mass is 9.77. The van der Waals surface area contributed by atoms with Gasteiger partial charge in [0.1, 0.15) is 0 Å². The first kappa shape index (κ1) is 14.6. The summed E-state index contributed by atoms with van der Waals surface area (Å²) in [5.41, 5.74) is 0. The quantitative estimate of drug-likeness (QED) is 0.730. The van der Waals surface area contributed by atoms with Crippen molar-refractivity contribution in [2.45, 2.75) is 51.2 Å².